The van der Waals surface area contributed by atoms with Gasteiger partial charge in [-0.3, -0.25) is 5.43 Å². The highest BCUT2D eigenvalue weighted by Gasteiger charge is 2.26. The first kappa shape index (κ1) is 21.8. The highest BCUT2D eigenvalue weighted by molar-refractivity contribution is 7.89. The van der Waals surface area contributed by atoms with Crippen LogP contribution < -0.4 is 5.43 Å². The molecule has 1 fully saturated rings. The highest BCUT2D eigenvalue weighted by Crippen LogP contribution is 2.28. The van der Waals surface area contributed by atoms with E-state index in [1.807, 2.05) is 35.7 Å². The fraction of sp³-hybridized carbons (Fsp3) is 0.200. The predicted molar refractivity (Wildman–Crippen MR) is 135 cm³/mol. The van der Waals surface area contributed by atoms with Gasteiger partial charge in [-0.05, 0) is 35.7 Å². The van der Waals surface area contributed by atoms with Crippen LogP contribution >= 0.6 is 11.3 Å². The van der Waals surface area contributed by atoms with E-state index in [4.69, 9.17) is 0 Å². The molecule has 33 heavy (non-hydrogen) atoms. The van der Waals surface area contributed by atoms with E-state index in [1.54, 1.807) is 28.7 Å². The van der Waals surface area contributed by atoms with Crippen molar-refractivity contribution in [3.8, 4) is 11.3 Å². The summed E-state index contributed by atoms with van der Waals surface area (Å²) in [6, 6.07) is 21.3. The van der Waals surface area contributed by atoms with Crippen LogP contribution in [-0.2, 0) is 10.0 Å². The number of nitrogens with one attached hydrogen (secondary N) is 1. The fourth-order valence-electron chi connectivity index (χ4n) is 4.05. The lowest BCUT2D eigenvalue weighted by Crippen LogP contribution is -2.35. The predicted octanol–water partition coefficient (Wildman–Crippen LogP) is 5.58. The Morgan fingerprint density at radius 2 is 1.76 bits per heavy atom. The molecule has 1 aliphatic heterocycles. The molecule has 0 bridgehead atoms. The van der Waals surface area contributed by atoms with Crippen LogP contribution in [-0.4, -0.2) is 37.0 Å². The first-order chi connectivity index (χ1) is 16.1. The Balaban J connectivity index is 1.33. The zero-order chi connectivity index (χ0) is 22.7. The maximum Gasteiger partial charge on any atom is 0.243 e. The molecule has 0 atom stereocenters. The molecule has 1 aromatic heterocycles. The smallest absolute Gasteiger partial charge is 0.243 e. The van der Waals surface area contributed by atoms with Gasteiger partial charge in [0, 0.05) is 29.6 Å². The fourth-order valence-corrected chi connectivity index (χ4v) is 6.28. The Hall–Kier alpha value is -3.07. The normalized spacial score (nSPS) is 15.3. The number of fused-ring (bicyclic) bond motifs is 1. The van der Waals surface area contributed by atoms with Crippen molar-refractivity contribution in [3.63, 3.8) is 0 Å². The van der Waals surface area contributed by atoms with Gasteiger partial charge in [-0.2, -0.15) is 9.41 Å². The second-order valence-corrected chi connectivity index (χ2v) is 10.8. The molecule has 8 heteroatoms. The molecule has 4 aromatic rings. The molecule has 0 aliphatic carbocycles. The van der Waals surface area contributed by atoms with Gasteiger partial charge >= 0.3 is 0 Å². The molecule has 2 heterocycles. The summed E-state index contributed by atoms with van der Waals surface area (Å²) in [6.07, 6.45) is 4.71. The number of piperidine rings is 1. The van der Waals surface area contributed by atoms with Gasteiger partial charge < -0.3 is 0 Å². The van der Waals surface area contributed by atoms with E-state index >= 15 is 0 Å². The van der Waals surface area contributed by atoms with Crippen molar-refractivity contribution in [2.24, 2.45) is 5.10 Å². The second-order valence-electron chi connectivity index (χ2n) is 7.97. The largest absolute Gasteiger partial charge is 0.253 e. The molecule has 3 aromatic carbocycles. The molecular formula is C25H24N4O2S2. The van der Waals surface area contributed by atoms with Crippen LogP contribution in [0.5, 0.6) is 0 Å². The van der Waals surface area contributed by atoms with Gasteiger partial charge in [-0.1, -0.05) is 61.0 Å². The SMILES string of the molecule is O=S(=O)(c1cccc(-c2csc(NN=Cc3cccc4ccccc34)n2)c1)N1CCCCC1. The third-order valence-electron chi connectivity index (χ3n) is 5.77. The third-order valence-corrected chi connectivity index (χ3v) is 8.42. The first-order valence-electron chi connectivity index (χ1n) is 10.9. The summed E-state index contributed by atoms with van der Waals surface area (Å²) in [7, 11) is -3.48. The van der Waals surface area contributed by atoms with Crippen molar-refractivity contribution >= 4 is 43.5 Å². The summed E-state index contributed by atoms with van der Waals surface area (Å²) >= 11 is 1.43. The summed E-state index contributed by atoms with van der Waals surface area (Å²) in [4.78, 5) is 4.91. The lowest BCUT2D eigenvalue weighted by Gasteiger charge is -2.26. The summed E-state index contributed by atoms with van der Waals surface area (Å²) in [5.74, 6) is 0. The van der Waals surface area contributed by atoms with Crippen molar-refractivity contribution in [1.29, 1.82) is 0 Å². The van der Waals surface area contributed by atoms with E-state index in [9.17, 15) is 8.42 Å². The minimum atomic E-state index is -3.48. The molecule has 0 unspecified atom stereocenters. The maximum atomic E-state index is 13.0. The number of thiazole rings is 1. The van der Waals surface area contributed by atoms with Gasteiger partial charge in [0.2, 0.25) is 15.2 Å². The van der Waals surface area contributed by atoms with Gasteiger partial charge in [-0.15, -0.1) is 11.3 Å². The third kappa shape index (κ3) is 4.68. The molecule has 0 saturated carbocycles. The van der Waals surface area contributed by atoms with E-state index in [-0.39, 0.29) is 0 Å². The number of hydrogen-bond donors (Lipinski definition) is 1. The number of hydrogen-bond acceptors (Lipinski definition) is 6. The standard InChI is InChI=1S/C25H24N4O2S2/c30-33(31,29-14-4-1-5-15-29)22-12-7-10-20(16-22)24-18-32-25(27-24)28-26-17-21-11-6-9-19-8-2-3-13-23(19)21/h2-3,6-13,16-18H,1,4-5,14-15H2,(H,27,28). The van der Waals surface area contributed by atoms with Crippen LogP contribution in [0.15, 0.2) is 82.1 Å². The quantitative estimate of drug-likeness (QED) is 0.291. The number of aromatic nitrogens is 1. The van der Waals surface area contributed by atoms with Crippen LogP contribution in [0.25, 0.3) is 22.0 Å². The van der Waals surface area contributed by atoms with Crippen LogP contribution in [0.2, 0.25) is 0 Å². The average molecular weight is 477 g/mol. The second kappa shape index (κ2) is 9.43. The Morgan fingerprint density at radius 3 is 2.64 bits per heavy atom. The van der Waals surface area contributed by atoms with Gasteiger partial charge in [0.05, 0.1) is 16.8 Å². The van der Waals surface area contributed by atoms with Crippen LogP contribution in [0.3, 0.4) is 0 Å². The van der Waals surface area contributed by atoms with Crippen LogP contribution in [0, 0.1) is 0 Å². The van der Waals surface area contributed by atoms with Crippen LogP contribution in [0.4, 0.5) is 5.13 Å². The zero-order valence-corrected chi connectivity index (χ0v) is 19.6. The summed E-state index contributed by atoms with van der Waals surface area (Å²) < 4.78 is 27.6. The summed E-state index contributed by atoms with van der Waals surface area (Å²) in [5.41, 5.74) is 5.51. The summed E-state index contributed by atoms with van der Waals surface area (Å²) in [6.45, 7) is 1.18. The van der Waals surface area contributed by atoms with Crippen molar-refractivity contribution in [3.05, 3.63) is 77.7 Å². The highest BCUT2D eigenvalue weighted by atomic mass is 32.2. The van der Waals surface area contributed by atoms with E-state index in [2.05, 4.69) is 33.7 Å². The molecule has 1 saturated heterocycles. The number of sulfonamides is 1. The number of anilines is 1. The van der Waals surface area contributed by atoms with E-state index in [0.29, 0.717) is 23.1 Å². The molecule has 5 rings (SSSR count). The molecular weight excluding hydrogens is 452 g/mol. The van der Waals surface area contributed by atoms with E-state index < -0.39 is 10.0 Å². The summed E-state index contributed by atoms with van der Waals surface area (Å²) in [5, 5.41) is 9.21. The monoisotopic (exact) mass is 476 g/mol. The van der Waals surface area contributed by atoms with Gasteiger partial charge in [-0.25, -0.2) is 13.4 Å². The average Bonchev–Trinajstić information content (AvgIpc) is 3.34. The minimum absolute atomic E-state index is 0.318. The maximum absolute atomic E-state index is 13.0. The van der Waals surface area contributed by atoms with Crippen LogP contribution in [0.1, 0.15) is 24.8 Å². The lowest BCUT2D eigenvalue weighted by atomic mass is 10.1. The molecule has 6 nitrogen and oxygen atoms in total. The van der Waals surface area contributed by atoms with Crippen molar-refractivity contribution < 1.29 is 8.42 Å². The molecule has 0 spiro atoms. The van der Waals surface area contributed by atoms with Crippen molar-refractivity contribution in [2.45, 2.75) is 24.2 Å². The van der Waals surface area contributed by atoms with Gasteiger partial charge in [0.15, 0.2) is 0 Å². The Morgan fingerprint density at radius 1 is 0.970 bits per heavy atom. The van der Waals surface area contributed by atoms with Crippen molar-refractivity contribution in [2.75, 3.05) is 18.5 Å². The molecule has 0 radical (unpaired) electrons. The molecule has 1 aliphatic rings. The Labute approximate surface area is 197 Å². The number of nitrogens with zero attached hydrogens (tertiary/aromatic N) is 3. The van der Waals surface area contributed by atoms with Gasteiger partial charge in [0.1, 0.15) is 0 Å². The molecule has 1 N–H and O–H groups in total. The molecule has 168 valence electrons. The number of rotatable bonds is 6. The lowest BCUT2D eigenvalue weighted by molar-refractivity contribution is 0.346. The van der Waals surface area contributed by atoms with E-state index in [0.717, 1.165) is 46.9 Å². The van der Waals surface area contributed by atoms with Crippen molar-refractivity contribution in [1.82, 2.24) is 9.29 Å². The first-order valence-corrected chi connectivity index (χ1v) is 13.3. The Bertz CT molecular complexity index is 1400. The minimum Gasteiger partial charge on any atom is -0.253 e. The Kier molecular flexibility index (Phi) is 6.22. The van der Waals surface area contributed by atoms with Gasteiger partial charge in [0.25, 0.3) is 0 Å². The van der Waals surface area contributed by atoms with E-state index in [1.165, 1.54) is 11.3 Å². The number of benzene rings is 3. The molecule has 0 amide bonds. The number of hydrazone groups is 1. The topological polar surface area (TPSA) is 74.7 Å². The zero-order valence-electron chi connectivity index (χ0n) is 18.0.